The summed E-state index contributed by atoms with van der Waals surface area (Å²) in [6.07, 6.45) is 2.86. The number of methoxy groups -OCH3 is 1. The lowest BCUT2D eigenvalue weighted by molar-refractivity contribution is -0.136. The molecule has 280 valence electrons. The van der Waals surface area contributed by atoms with Gasteiger partial charge in [-0.1, -0.05) is 60.2 Å². The summed E-state index contributed by atoms with van der Waals surface area (Å²) in [5.41, 5.74) is 0.0256. The predicted molar refractivity (Wildman–Crippen MR) is 199 cm³/mol. The summed E-state index contributed by atoms with van der Waals surface area (Å²) in [7, 11) is -8.12. The molecular formula is C37H30ClFN2O11S2. The molecule has 0 bridgehead atoms. The van der Waals surface area contributed by atoms with Crippen LogP contribution in [0.4, 0.5) is 15.8 Å². The molecule has 0 saturated carbocycles. The van der Waals surface area contributed by atoms with Crippen molar-refractivity contribution >= 4 is 77.9 Å². The Kier molecular flexibility index (Phi) is 10.7. The summed E-state index contributed by atoms with van der Waals surface area (Å²) in [6.45, 7) is -1.87. The normalized spacial score (nSPS) is 12.8. The molecule has 6 rings (SSSR count). The number of anilines is 2. The highest BCUT2D eigenvalue weighted by molar-refractivity contribution is 7.93. The van der Waals surface area contributed by atoms with Crippen molar-refractivity contribution in [1.82, 2.24) is 0 Å². The van der Waals surface area contributed by atoms with E-state index in [4.69, 9.17) is 25.8 Å². The number of carboxylic acid groups (broad SMARTS) is 2. The first kappa shape index (κ1) is 37.9. The zero-order valence-electron chi connectivity index (χ0n) is 28.2. The van der Waals surface area contributed by atoms with Crippen LogP contribution in [0.15, 0.2) is 101 Å². The maximum Gasteiger partial charge on any atom is 0.324 e. The van der Waals surface area contributed by atoms with Gasteiger partial charge in [-0.25, -0.2) is 21.2 Å². The number of sulfonamides is 2. The molecule has 0 unspecified atom stereocenters. The molecule has 0 radical (unpaired) electrons. The molecule has 0 aliphatic carbocycles. The Morgan fingerprint density at radius 1 is 0.796 bits per heavy atom. The maximum atomic E-state index is 14.5. The van der Waals surface area contributed by atoms with E-state index in [9.17, 15) is 41.0 Å². The van der Waals surface area contributed by atoms with Crippen molar-refractivity contribution in [2.45, 2.75) is 9.79 Å². The van der Waals surface area contributed by atoms with Gasteiger partial charge < -0.3 is 24.4 Å². The van der Waals surface area contributed by atoms with Gasteiger partial charge in [-0.3, -0.25) is 18.2 Å². The zero-order chi connectivity index (χ0) is 38.8. The van der Waals surface area contributed by atoms with E-state index in [1.54, 1.807) is 0 Å². The minimum Gasteiger partial charge on any atom is -0.497 e. The summed E-state index contributed by atoms with van der Waals surface area (Å²) in [5.74, 6) is -2.98. The summed E-state index contributed by atoms with van der Waals surface area (Å²) >= 11 is 6.47. The van der Waals surface area contributed by atoms with E-state index in [1.807, 2.05) is 0 Å². The lowest BCUT2D eigenvalue weighted by Crippen LogP contribution is -2.37. The Hall–Kier alpha value is -5.84. The second kappa shape index (κ2) is 15.3. The van der Waals surface area contributed by atoms with Crippen molar-refractivity contribution in [2.75, 3.05) is 42.0 Å². The molecule has 1 heterocycles. The fraction of sp³-hybridized carbons (Fsp3) is 0.135. The molecule has 17 heteroatoms. The SMILES string of the molecule is COc1ccc(S(=O)(=O)N(CC(=O)O)c2c(/C=C\c3ccc(F)cc3)cc(N(CC(=O)O)S(=O)(=O)c3cc4c(cc3Cl)OCCO4)c3ccccc23)cc1. The lowest BCUT2D eigenvalue weighted by Gasteiger charge is -2.30. The van der Waals surface area contributed by atoms with Crippen LogP contribution in [0.3, 0.4) is 0 Å². The average Bonchev–Trinajstić information content (AvgIpc) is 3.15. The van der Waals surface area contributed by atoms with Crippen LogP contribution in [0.5, 0.6) is 17.2 Å². The molecule has 0 atom stereocenters. The second-order valence-corrected chi connectivity index (χ2v) is 15.8. The molecular weight excluding hydrogens is 767 g/mol. The van der Waals surface area contributed by atoms with Gasteiger partial charge >= 0.3 is 11.9 Å². The number of halogens is 2. The van der Waals surface area contributed by atoms with Crippen molar-refractivity contribution in [3.63, 3.8) is 0 Å². The third-order valence-electron chi connectivity index (χ3n) is 8.24. The molecule has 5 aromatic rings. The van der Waals surface area contributed by atoms with Crippen LogP contribution < -0.4 is 22.8 Å². The molecule has 0 amide bonds. The van der Waals surface area contributed by atoms with Crippen molar-refractivity contribution in [3.8, 4) is 17.2 Å². The Morgan fingerprint density at radius 3 is 2.00 bits per heavy atom. The Labute approximate surface area is 314 Å². The van der Waals surface area contributed by atoms with Gasteiger partial charge in [0.15, 0.2) is 11.5 Å². The number of fused-ring (bicyclic) bond motifs is 2. The predicted octanol–water partition coefficient (Wildman–Crippen LogP) is 6.14. The van der Waals surface area contributed by atoms with E-state index in [-0.39, 0.29) is 62.3 Å². The number of rotatable bonds is 13. The molecule has 0 saturated heterocycles. The fourth-order valence-electron chi connectivity index (χ4n) is 5.80. The first-order valence-electron chi connectivity index (χ1n) is 15.9. The van der Waals surface area contributed by atoms with Crippen molar-refractivity contribution < 1.29 is 55.2 Å². The van der Waals surface area contributed by atoms with E-state index in [1.165, 1.54) is 104 Å². The third kappa shape index (κ3) is 7.62. The van der Waals surface area contributed by atoms with Gasteiger partial charge in [0.2, 0.25) is 0 Å². The summed E-state index contributed by atoms with van der Waals surface area (Å²) in [4.78, 5) is 24.0. The first-order chi connectivity index (χ1) is 25.7. The summed E-state index contributed by atoms with van der Waals surface area (Å²) in [5, 5.41) is 19.9. The van der Waals surface area contributed by atoms with Gasteiger partial charge in [0.05, 0.1) is 28.4 Å². The number of hydrogen-bond donors (Lipinski definition) is 2. The highest BCUT2D eigenvalue weighted by atomic mass is 35.5. The Balaban J connectivity index is 1.65. The van der Waals surface area contributed by atoms with Crippen LogP contribution in [-0.4, -0.2) is 72.4 Å². The number of aliphatic carboxylic acids is 2. The van der Waals surface area contributed by atoms with Crippen molar-refractivity contribution in [3.05, 3.63) is 113 Å². The lowest BCUT2D eigenvalue weighted by atomic mass is 10.00. The van der Waals surface area contributed by atoms with Crippen LogP contribution in [0.25, 0.3) is 22.9 Å². The number of nitrogens with zero attached hydrogens (tertiary/aromatic N) is 2. The monoisotopic (exact) mass is 796 g/mol. The number of carboxylic acids is 2. The smallest absolute Gasteiger partial charge is 0.324 e. The minimum atomic E-state index is -4.84. The van der Waals surface area contributed by atoms with Crippen LogP contribution in [-0.2, 0) is 29.6 Å². The van der Waals surface area contributed by atoms with E-state index in [2.05, 4.69) is 0 Å². The van der Waals surface area contributed by atoms with Crippen molar-refractivity contribution in [1.29, 1.82) is 0 Å². The first-order valence-corrected chi connectivity index (χ1v) is 19.2. The Morgan fingerprint density at radius 2 is 1.39 bits per heavy atom. The van der Waals surface area contributed by atoms with E-state index in [0.29, 0.717) is 19.9 Å². The van der Waals surface area contributed by atoms with E-state index in [0.717, 1.165) is 6.07 Å². The summed E-state index contributed by atoms with van der Waals surface area (Å²) in [6, 6.07) is 20.0. The highest BCUT2D eigenvalue weighted by Gasteiger charge is 2.35. The third-order valence-corrected chi connectivity index (χ3v) is 12.2. The van der Waals surface area contributed by atoms with E-state index < -0.39 is 55.8 Å². The van der Waals surface area contributed by atoms with Gasteiger partial charge in [0, 0.05) is 28.5 Å². The number of hydrogen-bond acceptors (Lipinski definition) is 9. The average molecular weight is 797 g/mol. The van der Waals surface area contributed by atoms with Crippen LogP contribution >= 0.6 is 11.6 Å². The fourth-order valence-corrected chi connectivity index (χ4v) is 9.19. The quantitative estimate of drug-likeness (QED) is 0.131. The Bertz CT molecular complexity index is 2510. The topological polar surface area (TPSA) is 177 Å². The molecule has 1 aliphatic rings. The maximum absolute atomic E-state index is 14.5. The van der Waals surface area contributed by atoms with Crippen LogP contribution in [0.1, 0.15) is 11.1 Å². The standard InChI is InChI=1S/C37H30ClFN2O11S2/c1-50-26-12-14-27(15-13-26)53(46,47)41(22-36(44)45)37-24(9-6-23-7-10-25(39)11-8-23)18-31(28-4-2-3-5-29(28)37)40(21-35(42)43)54(48,49)34-20-33-32(19-30(34)38)51-16-17-52-33/h2-15,18-20H,16-17,21-22H2,1H3,(H,42,43)(H,44,45)/b9-6-. The van der Waals surface area contributed by atoms with E-state index >= 15 is 0 Å². The largest absolute Gasteiger partial charge is 0.497 e. The second-order valence-electron chi connectivity index (χ2n) is 11.7. The molecule has 5 aromatic carbocycles. The van der Waals surface area contributed by atoms with Crippen LogP contribution in [0, 0.1) is 5.82 Å². The highest BCUT2D eigenvalue weighted by Crippen LogP contribution is 2.44. The van der Waals surface area contributed by atoms with Gasteiger partial charge in [-0.15, -0.1) is 0 Å². The van der Waals surface area contributed by atoms with Gasteiger partial charge in [0.1, 0.15) is 42.8 Å². The number of benzene rings is 5. The van der Waals surface area contributed by atoms with Crippen LogP contribution in [0.2, 0.25) is 5.02 Å². The van der Waals surface area contributed by atoms with Crippen molar-refractivity contribution in [2.24, 2.45) is 0 Å². The van der Waals surface area contributed by atoms with Gasteiger partial charge in [0.25, 0.3) is 20.0 Å². The number of carbonyl (C=O) groups is 2. The van der Waals surface area contributed by atoms with Gasteiger partial charge in [-0.05, 0) is 48.0 Å². The van der Waals surface area contributed by atoms with Gasteiger partial charge in [-0.2, -0.15) is 0 Å². The summed E-state index contributed by atoms with van der Waals surface area (Å²) < 4.78 is 89.1. The molecule has 13 nitrogen and oxygen atoms in total. The molecule has 0 spiro atoms. The molecule has 2 N–H and O–H groups in total. The molecule has 1 aliphatic heterocycles. The molecule has 0 fully saturated rings. The molecule has 0 aromatic heterocycles. The molecule has 54 heavy (non-hydrogen) atoms. The minimum absolute atomic E-state index is 0.0368. The zero-order valence-corrected chi connectivity index (χ0v) is 30.6. The number of ether oxygens (including phenoxy) is 3.